The van der Waals surface area contributed by atoms with Crippen molar-refractivity contribution in [3.63, 3.8) is 0 Å². The first-order chi connectivity index (χ1) is 19.4. The van der Waals surface area contributed by atoms with Crippen LogP contribution in [0.3, 0.4) is 0 Å². The number of carbonyl (C=O) groups excluding carboxylic acids is 1. The molecule has 0 spiro atoms. The standard InChI is InChI=1S/C32H47BN4O2S/c1-6-9-12-24-21-36(7-2)18-15-25(24)27(23(5)37-16-10-11-17-37)20-34-32(38)35-31-29(30(33)39-8-3)26-19-22(4)13-14-28(26)40-31/h10-11,16-17,22,33H,6-9,12-15,18-21H2,1-5H3,(H2,34,35,38)/b27-23+. The van der Waals surface area contributed by atoms with Crippen LogP contribution in [0.1, 0.15) is 82.7 Å². The second-order valence-corrected chi connectivity index (χ2v) is 12.3. The normalized spacial score (nSPS) is 18.2. The summed E-state index contributed by atoms with van der Waals surface area (Å²) < 4.78 is 8.01. The summed E-state index contributed by atoms with van der Waals surface area (Å²) in [5, 5.41) is 7.27. The van der Waals surface area contributed by atoms with Gasteiger partial charge in [-0.25, -0.2) is 0 Å². The van der Waals surface area contributed by atoms with Gasteiger partial charge in [0.25, 0.3) is 0 Å². The molecule has 0 saturated carbocycles. The van der Waals surface area contributed by atoms with E-state index in [0.29, 0.717) is 24.7 Å². The predicted octanol–water partition coefficient (Wildman–Crippen LogP) is 6.35. The number of nitrogens with zero attached hydrogens (tertiary/aromatic N) is 2. The molecule has 0 saturated heterocycles. The van der Waals surface area contributed by atoms with Crippen LogP contribution in [0.5, 0.6) is 0 Å². The summed E-state index contributed by atoms with van der Waals surface area (Å²) in [7, 11) is 4.21. The zero-order valence-electron chi connectivity index (χ0n) is 25.2. The van der Waals surface area contributed by atoms with Crippen molar-refractivity contribution in [3.05, 3.63) is 57.2 Å². The van der Waals surface area contributed by atoms with Crippen molar-refractivity contribution >= 4 is 41.2 Å². The third-order valence-corrected chi connectivity index (χ3v) is 9.56. The summed E-state index contributed by atoms with van der Waals surface area (Å²) in [5.41, 5.74) is 8.29. The number of ether oxygens (including phenoxy) is 1. The first-order valence-electron chi connectivity index (χ1n) is 15.1. The Morgan fingerprint density at radius 2 is 1.98 bits per heavy atom. The third kappa shape index (κ3) is 7.19. The summed E-state index contributed by atoms with van der Waals surface area (Å²) in [5.74, 6) is 0.621. The molecule has 2 N–H and O–H groups in total. The molecular formula is C32H47BN4O2S. The first kappa shape index (κ1) is 30.4. The Balaban J connectivity index is 1.60. The molecule has 0 bridgehead atoms. The van der Waals surface area contributed by atoms with Crippen LogP contribution in [-0.2, 0) is 17.6 Å². The van der Waals surface area contributed by atoms with E-state index >= 15 is 0 Å². The van der Waals surface area contributed by atoms with E-state index < -0.39 is 0 Å². The fourth-order valence-corrected chi connectivity index (χ4v) is 7.27. The van der Waals surface area contributed by atoms with E-state index in [1.165, 1.54) is 52.1 Å². The number of carbonyl (C=O) groups is 1. The van der Waals surface area contributed by atoms with E-state index in [9.17, 15) is 4.79 Å². The van der Waals surface area contributed by atoms with E-state index in [1.54, 1.807) is 11.3 Å². The first-order valence-corrected chi connectivity index (χ1v) is 16.0. The molecule has 1 aliphatic carbocycles. The van der Waals surface area contributed by atoms with Crippen LogP contribution in [-0.4, -0.2) is 61.4 Å². The van der Waals surface area contributed by atoms with Crippen molar-refractivity contribution in [1.82, 2.24) is 14.8 Å². The van der Waals surface area contributed by atoms with Crippen molar-refractivity contribution in [1.29, 1.82) is 0 Å². The molecule has 216 valence electrons. The van der Waals surface area contributed by atoms with Gasteiger partial charge in [0.15, 0.2) is 0 Å². The van der Waals surface area contributed by atoms with E-state index in [1.807, 2.05) is 6.92 Å². The SMILES string of the molecule is B=C(OCC)c1c(NC(=O)NC/C(C2=C(CCCC)CN(CC)CC2)=C(/C)n2cccc2)sc2c1CC(C)CC2. The zero-order valence-corrected chi connectivity index (χ0v) is 26.0. The zero-order chi connectivity index (χ0) is 28.6. The fraction of sp³-hybridized carbons (Fsp3) is 0.562. The number of rotatable bonds is 12. The van der Waals surface area contributed by atoms with Gasteiger partial charge in [0.1, 0.15) is 0 Å². The quantitative estimate of drug-likeness (QED) is 0.296. The minimum atomic E-state index is -0.184. The second-order valence-electron chi connectivity index (χ2n) is 11.2. The molecule has 2 amide bonds. The molecular weight excluding hydrogens is 515 g/mol. The molecule has 0 radical (unpaired) electrons. The van der Waals surface area contributed by atoms with Crippen molar-refractivity contribution in [3.8, 4) is 0 Å². The molecule has 1 aliphatic heterocycles. The van der Waals surface area contributed by atoms with Crippen molar-refractivity contribution in [2.45, 2.75) is 79.6 Å². The monoisotopic (exact) mass is 562 g/mol. The maximum absolute atomic E-state index is 13.4. The Bertz CT molecular complexity index is 1240. The number of aryl methyl sites for hydroxylation is 1. The van der Waals surface area contributed by atoms with E-state index in [4.69, 9.17) is 4.74 Å². The minimum absolute atomic E-state index is 0.184. The molecule has 2 aliphatic rings. The number of allylic oxidation sites excluding steroid dienone is 1. The second kappa shape index (κ2) is 14.4. The number of aromatic nitrogens is 1. The average molecular weight is 563 g/mol. The fourth-order valence-electron chi connectivity index (χ4n) is 6.02. The van der Waals surface area contributed by atoms with Crippen LogP contribution in [0.25, 0.3) is 5.70 Å². The average Bonchev–Trinajstić information content (AvgIpc) is 3.60. The Morgan fingerprint density at radius 1 is 1.20 bits per heavy atom. The molecule has 0 fully saturated rings. The van der Waals surface area contributed by atoms with E-state index in [2.05, 4.69) is 79.8 Å². The molecule has 1 atom stereocenters. The number of fused-ring (bicyclic) bond motifs is 1. The van der Waals surface area contributed by atoms with Gasteiger partial charge in [0.2, 0.25) is 0 Å². The maximum atomic E-state index is 13.4. The van der Waals surface area contributed by atoms with Gasteiger partial charge >= 0.3 is 220 Å². The molecule has 1 unspecified atom stereocenters. The van der Waals surface area contributed by atoms with Crippen molar-refractivity contribution < 1.29 is 9.53 Å². The molecule has 3 heterocycles. The Hall–Kier alpha value is -2.58. The number of urea groups is 1. The van der Waals surface area contributed by atoms with Gasteiger partial charge < -0.3 is 0 Å². The topological polar surface area (TPSA) is 58.5 Å². The van der Waals surface area contributed by atoms with Gasteiger partial charge in [-0.1, -0.05) is 20.3 Å². The number of thiophene rings is 1. The summed E-state index contributed by atoms with van der Waals surface area (Å²) in [6.07, 6.45) is 11.9. The van der Waals surface area contributed by atoms with Crippen LogP contribution >= 0.6 is 11.3 Å². The van der Waals surface area contributed by atoms with Crippen molar-refractivity contribution in [2.75, 3.05) is 38.1 Å². The number of likely N-dealkylation sites (N-methyl/N-ethyl adjacent to an activating group) is 1. The molecule has 2 aromatic rings. The summed E-state index contributed by atoms with van der Waals surface area (Å²) in [6, 6.07) is 3.93. The summed E-state index contributed by atoms with van der Waals surface area (Å²) in [4.78, 5) is 17.3. The summed E-state index contributed by atoms with van der Waals surface area (Å²) in [6.45, 7) is 15.1. The molecule has 2 aromatic heterocycles. The number of hydrogen-bond acceptors (Lipinski definition) is 4. The molecule has 4 rings (SSSR count). The van der Waals surface area contributed by atoms with Crippen molar-refractivity contribution in [2.24, 2.45) is 5.92 Å². The third-order valence-electron chi connectivity index (χ3n) is 8.35. The number of hydrogen-bond donors (Lipinski definition) is 2. The van der Waals surface area contributed by atoms with Gasteiger partial charge in [-0.2, -0.15) is 0 Å². The summed E-state index contributed by atoms with van der Waals surface area (Å²) >= 11 is 1.68. The van der Waals surface area contributed by atoms with Crippen LogP contribution in [0, 0.1) is 5.92 Å². The Kier molecular flexibility index (Phi) is 10.9. The van der Waals surface area contributed by atoms with Gasteiger partial charge in [-0.05, 0) is 6.54 Å². The number of unbranched alkanes of at least 4 members (excludes halogenated alkanes) is 1. The van der Waals surface area contributed by atoms with Gasteiger partial charge in [-0.3, -0.25) is 0 Å². The van der Waals surface area contributed by atoms with Gasteiger partial charge in [0.05, 0.1) is 0 Å². The number of nitrogens with one attached hydrogen (secondary N) is 2. The van der Waals surface area contributed by atoms with Crippen LogP contribution in [0.15, 0.2) is 41.2 Å². The van der Waals surface area contributed by atoms with Gasteiger partial charge in [0, 0.05) is 0 Å². The van der Waals surface area contributed by atoms with E-state index in [-0.39, 0.29) is 6.03 Å². The predicted molar refractivity (Wildman–Crippen MR) is 172 cm³/mol. The van der Waals surface area contributed by atoms with Crippen LogP contribution in [0.4, 0.5) is 9.80 Å². The van der Waals surface area contributed by atoms with Crippen LogP contribution < -0.4 is 10.6 Å². The van der Waals surface area contributed by atoms with Gasteiger partial charge in [-0.15, -0.1) is 0 Å². The Morgan fingerprint density at radius 3 is 2.67 bits per heavy atom. The number of anilines is 1. The number of amides is 2. The Labute approximate surface area is 245 Å². The van der Waals surface area contributed by atoms with E-state index in [0.717, 1.165) is 55.9 Å². The molecule has 8 heteroatoms. The molecule has 6 nitrogen and oxygen atoms in total. The molecule has 40 heavy (non-hydrogen) atoms. The van der Waals surface area contributed by atoms with Crippen LogP contribution in [0.2, 0.25) is 0 Å². The molecule has 0 aromatic carbocycles.